The highest BCUT2D eigenvalue weighted by molar-refractivity contribution is 6.30. The van der Waals surface area contributed by atoms with Crippen LogP contribution in [-0.4, -0.2) is 17.7 Å². The second kappa shape index (κ2) is 5.12. The lowest BCUT2D eigenvalue weighted by atomic mass is 9.94. The molecule has 0 aromatic heterocycles. The van der Waals surface area contributed by atoms with E-state index < -0.39 is 5.54 Å². The molecule has 1 rings (SSSR count). The average molecular weight is 240 g/mol. The van der Waals surface area contributed by atoms with Gasteiger partial charge in [0.15, 0.2) is 0 Å². The van der Waals surface area contributed by atoms with Gasteiger partial charge in [0, 0.05) is 18.4 Å². The lowest BCUT2D eigenvalue weighted by molar-refractivity contribution is -0.124. The van der Waals surface area contributed by atoms with E-state index in [2.05, 4.69) is 5.32 Å². The zero-order chi connectivity index (χ0) is 12.2. The molecular weight excluding hydrogens is 226 g/mol. The summed E-state index contributed by atoms with van der Waals surface area (Å²) in [5, 5.41) is 3.28. The van der Waals surface area contributed by atoms with Crippen molar-refractivity contribution in [1.82, 2.24) is 5.32 Å². The molecule has 0 saturated carbocycles. The van der Waals surface area contributed by atoms with E-state index >= 15 is 0 Å². The molecular formula is C12H14ClNO2. The molecule has 4 heteroatoms. The van der Waals surface area contributed by atoms with Gasteiger partial charge in [-0.2, -0.15) is 0 Å². The van der Waals surface area contributed by atoms with Gasteiger partial charge < -0.3 is 10.1 Å². The number of carbonyl (C=O) groups excluding carboxylic acids is 2. The first kappa shape index (κ1) is 12.7. The van der Waals surface area contributed by atoms with E-state index in [1.54, 1.807) is 19.1 Å². The van der Waals surface area contributed by atoms with Gasteiger partial charge in [-0.25, -0.2) is 0 Å². The lowest BCUT2D eigenvalue weighted by Crippen LogP contribution is -2.48. The fraction of sp³-hybridized carbons (Fsp3) is 0.333. The summed E-state index contributed by atoms with van der Waals surface area (Å²) in [4.78, 5) is 22.0. The van der Waals surface area contributed by atoms with Gasteiger partial charge in [0.25, 0.3) is 0 Å². The Bertz CT molecular complexity index is 389. The first-order chi connectivity index (χ1) is 7.45. The number of halogens is 1. The summed E-state index contributed by atoms with van der Waals surface area (Å²) in [6, 6.07) is 7.20. The van der Waals surface area contributed by atoms with Crippen LogP contribution >= 0.6 is 11.6 Å². The van der Waals surface area contributed by atoms with Crippen molar-refractivity contribution in [2.24, 2.45) is 0 Å². The van der Waals surface area contributed by atoms with Crippen molar-refractivity contribution in [2.75, 3.05) is 0 Å². The van der Waals surface area contributed by atoms with Gasteiger partial charge in [-0.3, -0.25) is 4.79 Å². The second-order valence-corrected chi connectivity index (χ2v) is 4.46. The van der Waals surface area contributed by atoms with Crippen LogP contribution in [0.25, 0.3) is 0 Å². The summed E-state index contributed by atoms with van der Waals surface area (Å²) in [5.41, 5.74) is 0.0902. The predicted molar refractivity (Wildman–Crippen MR) is 63.4 cm³/mol. The molecule has 86 valence electrons. The molecule has 1 amide bonds. The number of aldehydes is 1. The highest BCUT2D eigenvalue weighted by Gasteiger charge is 2.24. The van der Waals surface area contributed by atoms with E-state index in [0.29, 0.717) is 11.4 Å². The first-order valence-electron chi connectivity index (χ1n) is 4.95. The number of hydrogen-bond donors (Lipinski definition) is 1. The van der Waals surface area contributed by atoms with Gasteiger partial charge in [-0.1, -0.05) is 23.7 Å². The largest absolute Gasteiger partial charge is 0.344 e. The lowest BCUT2D eigenvalue weighted by Gasteiger charge is -2.24. The first-order valence-corrected chi connectivity index (χ1v) is 5.32. The molecule has 3 nitrogen and oxygen atoms in total. The maximum Gasteiger partial charge on any atom is 0.217 e. The number of nitrogens with one attached hydrogen (secondary N) is 1. The minimum atomic E-state index is -0.861. The predicted octanol–water partition coefficient (Wildman–Crippen LogP) is 1.98. The zero-order valence-corrected chi connectivity index (χ0v) is 10.0. The molecule has 0 aliphatic carbocycles. The molecule has 0 saturated heterocycles. The minimum Gasteiger partial charge on any atom is -0.344 e. The van der Waals surface area contributed by atoms with E-state index in [-0.39, 0.29) is 5.91 Å². The topological polar surface area (TPSA) is 46.2 Å². The van der Waals surface area contributed by atoms with Crippen LogP contribution in [0.3, 0.4) is 0 Å². The highest BCUT2D eigenvalue weighted by Crippen LogP contribution is 2.14. The Labute approximate surface area is 99.8 Å². The molecule has 1 aromatic carbocycles. The third-order valence-electron chi connectivity index (χ3n) is 2.21. The molecule has 0 aliphatic heterocycles. The Morgan fingerprint density at radius 2 is 2.00 bits per heavy atom. The second-order valence-electron chi connectivity index (χ2n) is 4.02. The maximum atomic E-state index is 11.0. The molecule has 1 atom stereocenters. The van der Waals surface area contributed by atoms with E-state index in [4.69, 9.17) is 11.6 Å². The minimum absolute atomic E-state index is 0.219. The van der Waals surface area contributed by atoms with Gasteiger partial charge in [0.1, 0.15) is 6.29 Å². The summed E-state index contributed by atoms with van der Waals surface area (Å²) in [7, 11) is 0. The van der Waals surface area contributed by atoms with Crippen LogP contribution in [0.1, 0.15) is 19.4 Å². The van der Waals surface area contributed by atoms with E-state index in [1.165, 1.54) is 6.92 Å². The summed E-state index contributed by atoms with van der Waals surface area (Å²) < 4.78 is 0. The Hall–Kier alpha value is -1.35. The van der Waals surface area contributed by atoms with Crippen molar-refractivity contribution in [3.05, 3.63) is 34.9 Å². The Morgan fingerprint density at radius 1 is 1.44 bits per heavy atom. The van der Waals surface area contributed by atoms with Crippen LogP contribution in [0.5, 0.6) is 0 Å². The van der Waals surface area contributed by atoms with Crippen LogP contribution in [0.2, 0.25) is 5.02 Å². The Balaban J connectivity index is 2.80. The normalized spacial score (nSPS) is 13.9. The van der Waals surface area contributed by atoms with E-state index in [0.717, 1.165) is 11.8 Å². The van der Waals surface area contributed by atoms with Gasteiger partial charge in [-0.05, 0) is 24.6 Å². The third kappa shape index (κ3) is 3.66. The van der Waals surface area contributed by atoms with Crippen LogP contribution in [0.4, 0.5) is 0 Å². The average Bonchev–Trinajstić information content (AvgIpc) is 2.20. The number of carbonyl (C=O) groups is 2. The summed E-state index contributed by atoms with van der Waals surface area (Å²) in [6.07, 6.45) is 1.20. The standard InChI is InChI=1S/C12H14ClNO2/c1-9(16)14-12(2,8-15)7-10-3-5-11(13)6-4-10/h3-6,8H,7H2,1-2H3,(H,14,16)/t12-/m0/s1. The van der Waals surface area contributed by atoms with Crippen molar-refractivity contribution < 1.29 is 9.59 Å². The van der Waals surface area contributed by atoms with Crippen molar-refractivity contribution in [3.8, 4) is 0 Å². The van der Waals surface area contributed by atoms with Crippen molar-refractivity contribution >= 4 is 23.8 Å². The quantitative estimate of drug-likeness (QED) is 0.817. The number of benzene rings is 1. The molecule has 0 heterocycles. The molecule has 0 fully saturated rings. The number of hydrogen-bond acceptors (Lipinski definition) is 2. The molecule has 0 unspecified atom stereocenters. The maximum absolute atomic E-state index is 11.0. The summed E-state index contributed by atoms with van der Waals surface area (Å²) >= 11 is 5.76. The van der Waals surface area contributed by atoms with Crippen LogP contribution < -0.4 is 5.32 Å². The van der Waals surface area contributed by atoms with Crippen molar-refractivity contribution in [2.45, 2.75) is 25.8 Å². The van der Waals surface area contributed by atoms with Gasteiger partial charge in [-0.15, -0.1) is 0 Å². The summed E-state index contributed by atoms with van der Waals surface area (Å²) in [6.45, 7) is 3.08. The molecule has 0 aliphatic rings. The SMILES string of the molecule is CC(=O)N[C@](C)(C=O)Cc1ccc(Cl)cc1. The fourth-order valence-electron chi connectivity index (χ4n) is 1.54. The van der Waals surface area contributed by atoms with Crippen molar-refractivity contribution in [1.29, 1.82) is 0 Å². The fourth-order valence-corrected chi connectivity index (χ4v) is 1.67. The van der Waals surface area contributed by atoms with Gasteiger partial charge in [0.05, 0.1) is 5.54 Å². The Morgan fingerprint density at radius 3 is 2.44 bits per heavy atom. The van der Waals surface area contributed by atoms with Crippen LogP contribution in [-0.2, 0) is 16.0 Å². The van der Waals surface area contributed by atoms with E-state index in [1.807, 2.05) is 12.1 Å². The molecule has 1 aromatic rings. The van der Waals surface area contributed by atoms with Crippen LogP contribution in [0.15, 0.2) is 24.3 Å². The van der Waals surface area contributed by atoms with Crippen molar-refractivity contribution in [3.63, 3.8) is 0 Å². The number of amides is 1. The van der Waals surface area contributed by atoms with Gasteiger partial charge in [0.2, 0.25) is 5.91 Å². The van der Waals surface area contributed by atoms with E-state index in [9.17, 15) is 9.59 Å². The molecule has 1 N–H and O–H groups in total. The van der Waals surface area contributed by atoms with Crippen LogP contribution in [0, 0.1) is 0 Å². The monoisotopic (exact) mass is 239 g/mol. The molecule has 0 bridgehead atoms. The third-order valence-corrected chi connectivity index (χ3v) is 2.46. The number of rotatable bonds is 4. The molecule has 16 heavy (non-hydrogen) atoms. The highest BCUT2D eigenvalue weighted by atomic mass is 35.5. The summed E-state index contributed by atoms with van der Waals surface area (Å²) in [5.74, 6) is -0.219. The van der Waals surface area contributed by atoms with Gasteiger partial charge >= 0.3 is 0 Å². The zero-order valence-electron chi connectivity index (χ0n) is 9.29. The Kier molecular flexibility index (Phi) is 4.07. The smallest absolute Gasteiger partial charge is 0.217 e. The molecule has 0 radical (unpaired) electrons. The molecule has 0 spiro atoms.